The number of β-lactam (4-membered cyclic amide) rings is 1. The molecule has 0 aliphatic carbocycles. The lowest BCUT2D eigenvalue weighted by Gasteiger charge is -2.44. The highest BCUT2D eigenvalue weighted by Crippen LogP contribution is 2.38. The molecule has 7 nitrogen and oxygen atoms in total. The molecule has 0 radical (unpaired) electrons. The third-order valence-electron chi connectivity index (χ3n) is 4.55. The molecule has 3 rings (SSSR count). The Morgan fingerprint density at radius 3 is 2.50 bits per heavy atom. The number of hydrazine groups is 1. The number of nitrogens with zero attached hydrogens (tertiary/aromatic N) is 1. The second-order valence-corrected chi connectivity index (χ2v) is 7.94. The summed E-state index contributed by atoms with van der Waals surface area (Å²) < 4.78 is 5.55. The Balaban J connectivity index is 1.81. The lowest BCUT2D eigenvalue weighted by atomic mass is 9.95. The summed E-state index contributed by atoms with van der Waals surface area (Å²) in [7, 11) is 0. The fraction of sp³-hybridized carbons (Fsp3) is 0.286. The second-order valence-electron chi connectivity index (χ2n) is 6.59. The number of nitrogens with one attached hydrogen (secondary N) is 2. The van der Waals surface area contributed by atoms with Crippen LogP contribution in [0.4, 0.5) is 5.69 Å². The molecule has 2 atom stereocenters. The number of carbonyl (C=O) groups is 3. The normalized spacial score (nSPS) is 17.9. The zero-order valence-electron chi connectivity index (χ0n) is 16.8. The van der Waals surface area contributed by atoms with Gasteiger partial charge < -0.3 is 10.1 Å². The van der Waals surface area contributed by atoms with Crippen LogP contribution >= 0.6 is 23.4 Å². The van der Waals surface area contributed by atoms with Crippen LogP contribution in [0.1, 0.15) is 35.8 Å². The molecular formula is C21H22ClN3O4S. The summed E-state index contributed by atoms with van der Waals surface area (Å²) in [5, 5.41) is 3.14. The van der Waals surface area contributed by atoms with Crippen molar-refractivity contribution in [2.24, 2.45) is 0 Å². The van der Waals surface area contributed by atoms with E-state index in [2.05, 4.69) is 10.7 Å². The summed E-state index contributed by atoms with van der Waals surface area (Å²) in [6.45, 7) is 3.52. The van der Waals surface area contributed by atoms with Gasteiger partial charge in [-0.05, 0) is 43.0 Å². The molecule has 1 saturated heterocycles. The smallest absolute Gasteiger partial charge is 0.273 e. The number of benzene rings is 2. The average molecular weight is 448 g/mol. The van der Waals surface area contributed by atoms with E-state index in [-0.39, 0.29) is 17.4 Å². The van der Waals surface area contributed by atoms with Crippen LogP contribution in [-0.4, -0.2) is 41.0 Å². The third kappa shape index (κ3) is 4.55. The number of amides is 3. The molecule has 1 aliphatic rings. The first-order valence-electron chi connectivity index (χ1n) is 9.32. The van der Waals surface area contributed by atoms with Crippen molar-refractivity contribution >= 4 is 46.8 Å². The van der Waals surface area contributed by atoms with E-state index in [1.54, 1.807) is 30.8 Å². The predicted molar refractivity (Wildman–Crippen MR) is 117 cm³/mol. The molecule has 2 unspecified atom stereocenters. The third-order valence-corrected chi connectivity index (χ3v) is 5.72. The van der Waals surface area contributed by atoms with Crippen molar-refractivity contribution in [1.29, 1.82) is 0 Å². The van der Waals surface area contributed by atoms with Gasteiger partial charge in [0.2, 0.25) is 5.91 Å². The minimum absolute atomic E-state index is 0.232. The van der Waals surface area contributed by atoms with Gasteiger partial charge in [-0.3, -0.25) is 19.8 Å². The first-order valence-corrected chi connectivity index (χ1v) is 11.0. The molecule has 1 aliphatic heterocycles. The summed E-state index contributed by atoms with van der Waals surface area (Å²) in [6, 6.07) is 11.9. The SMILES string of the molecule is CCOc1cc(NC(C)=O)ccc1C(=O)NN1C(=O)C(Cl)C1c1ccc(SC)cc1. The highest BCUT2D eigenvalue weighted by Gasteiger charge is 2.48. The lowest BCUT2D eigenvalue weighted by molar-refractivity contribution is -0.149. The molecule has 0 bridgehead atoms. The largest absolute Gasteiger partial charge is 0.493 e. The molecular weight excluding hydrogens is 426 g/mol. The van der Waals surface area contributed by atoms with Crippen molar-refractivity contribution in [2.75, 3.05) is 18.2 Å². The van der Waals surface area contributed by atoms with Crippen LogP contribution in [0.15, 0.2) is 47.4 Å². The first-order chi connectivity index (χ1) is 14.3. The lowest BCUT2D eigenvalue weighted by Crippen LogP contribution is -2.63. The van der Waals surface area contributed by atoms with Gasteiger partial charge in [0, 0.05) is 23.6 Å². The molecule has 3 amide bonds. The first kappa shape index (κ1) is 22.0. The maximum Gasteiger partial charge on any atom is 0.273 e. The molecule has 0 aromatic heterocycles. The van der Waals surface area contributed by atoms with Crippen molar-refractivity contribution in [2.45, 2.75) is 30.2 Å². The van der Waals surface area contributed by atoms with E-state index in [0.29, 0.717) is 18.0 Å². The summed E-state index contributed by atoms with van der Waals surface area (Å²) in [5.41, 5.74) is 4.22. The number of alkyl halides is 1. The Bertz CT molecular complexity index is 967. The van der Waals surface area contributed by atoms with E-state index >= 15 is 0 Å². The molecule has 1 heterocycles. The van der Waals surface area contributed by atoms with Gasteiger partial charge in [0.25, 0.3) is 11.8 Å². The minimum atomic E-state index is -0.751. The number of anilines is 1. The van der Waals surface area contributed by atoms with E-state index in [9.17, 15) is 14.4 Å². The van der Waals surface area contributed by atoms with Gasteiger partial charge in [-0.25, -0.2) is 5.01 Å². The molecule has 9 heteroatoms. The molecule has 158 valence electrons. The zero-order chi connectivity index (χ0) is 21.8. The number of thioether (sulfide) groups is 1. The van der Waals surface area contributed by atoms with Crippen LogP contribution in [0.25, 0.3) is 0 Å². The van der Waals surface area contributed by atoms with Crippen molar-refractivity contribution in [3.8, 4) is 5.75 Å². The maximum absolute atomic E-state index is 12.9. The number of halogens is 1. The van der Waals surface area contributed by atoms with Crippen LogP contribution < -0.4 is 15.5 Å². The number of ether oxygens (including phenoxy) is 1. The molecule has 0 saturated carbocycles. The number of hydrogen-bond acceptors (Lipinski definition) is 5. The summed E-state index contributed by atoms with van der Waals surface area (Å²) in [6.07, 6.45) is 1.98. The van der Waals surface area contributed by atoms with Gasteiger partial charge in [-0.2, -0.15) is 0 Å². The van der Waals surface area contributed by atoms with E-state index in [1.165, 1.54) is 18.0 Å². The minimum Gasteiger partial charge on any atom is -0.493 e. The van der Waals surface area contributed by atoms with Gasteiger partial charge in [0.15, 0.2) is 0 Å². The number of carbonyl (C=O) groups excluding carboxylic acids is 3. The fourth-order valence-electron chi connectivity index (χ4n) is 3.13. The summed E-state index contributed by atoms with van der Waals surface area (Å²) >= 11 is 7.85. The molecule has 30 heavy (non-hydrogen) atoms. The van der Waals surface area contributed by atoms with Crippen molar-refractivity contribution < 1.29 is 19.1 Å². The van der Waals surface area contributed by atoms with Gasteiger partial charge in [-0.15, -0.1) is 23.4 Å². The Hall–Kier alpha value is -2.71. The van der Waals surface area contributed by atoms with Gasteiger partial charge in [0.1, 0.15) is 17.2 Å². The monoisotopic (exact) mass is 447 g/mol. The molecule has 2 aromatic carbocycles. The van der Waals surface area contributed by atoms with Gasteiger partial charge in [-0.1, -0.05) is 12.1 Å². The molecule has 2 aromatic rings. The van der Waals surface area contributed by atoms with E-state index in [1.807, 2.05) is 30.5 Å². The van der Waals surface area contributed by atoms with Gasteiger partial charge in [0.05, 0.1) is 12.2 Å². The van der Waals surface area contributed by atoms with Crippen LogP contribution in [0.2, 0.25) is 0 Å². The predicted octanol–water partition coefficient (Wildman–Crippen LogP) is 3.60. The molecule has 2 N–H and O–H groups in total. The second kappa shape index (κ2) is 9.40. The maximum atomic E-state index is 12.9. The van der Waals surface area contributed by atoms with Gasteiger partial charge >= 0.3 is 0 Å². The van der Waals surface area contributed by atoms with Crippen LogP contribution in [0.5, 0.6) is 5.75 Å². The topological polar surface area (TPSA) is 87.7 Å². The van der Waals surface area contributed by atoms with E-state index < -0.39 is 17.3 Å². The van der Waals surface area contributed by atoms with Crippen LogP contribution in [0, 0.1) is 0 Å². The Kier molecular flexibility index (Phi) is 6.89. The number of rotatable bonds is 7. The summed E-state index contributed by atoms with van der Waals surface area (Å²) in [4.78, 5) is 37.6. The fourth-order valence-corrected chi connectivity index (χ4v) is 3.90. The van der Waals surface area contributed by atoms with E-state index in [4.69, 9.17) is 16.3 Å². The molecule has 1 fully saturated rings. The molecule has 0 spiro atoms. The van der Waals surface area contributed by atoms with Crippen molar-refractivity contribution in [3.05, 3.63) is 53.6 Å². The standard InChI is InChI=1S/C21H22ClN3O4S/c1-4-29-17-11-14(23-12(2)26)7-10-16(17)20(27)24-25-19(18(22)21(25)28)13-5-8-15(30-3)9-6-13/h5-11,18-19H,4H2,1-3H3,(H,23,26)(H,24,27). The van der Waals surface area contributed by atoms with Crippen LogP contribution in [-0.2, 0) is 9.59 Å². The van der Waals surface area contributed by atoms with Crippen molar-refractivity contribution in [3.63, 3.8) is 0 Å². The van der Waals surface area contributed by atoms with Crippen molar-refractivity contribution in [1.82, 2.24) is 10.4 Å². The quantitative estimate of drug-likeness (QED) is 0.384. The highest BCUT2D eigenvalue weighted by atomic mass is 35.5. The average Bonchev–Trinajstić information content (AvgIpc) is 2.73. The summed E-state index contributed by atoms with van der Waals surface area (Å²) in [5.74, 6) is -0.811. The van der Waals surface area contributed by atoms with Crippen LogP contribution in [0.3, 0.4) is 0 Å². The number of hydrogen-bond donors (Lipinski definition) is 2. The highest BCUT2D eigenvalue weighted by molar-refractivity contribution is 7.98. The zero-order valence-corrected chi connectivity index (χ0v) is 18.3. The Morgan fingerprint density at radius 2 is 1.90 bits per heavy atom. The Morgan fingerprint density at radius 1 is 1.20 bits per heavy atom. The van der Waals surface area contributed by atoms with E-state index in [0.717, 1.165) is 10.5 Å². The Labute approximate surface area is 184 Å².